The lowest BCUT2D eigenvalue weighted by Gasteiger charge is -2.13. The van der Waals surface area contributed by atoms with E-state index in [2.05, 4.69) is 4.98 Å². The van der Waals surface area contributed by atoms with Gasteiger partial charge >= 0.3 is 12.1 Å². The quantitative estimate of drug-likeness (QED) is 0.554. The predicted molar refractivity (Wildman–Crippen MR) is 88.7 cm³/mol. The molecule has 1 amide bonds. The summed E-state index contributed by atoms with van der Waals surface area (Å²) < 4.78 is 47.4. The van der Waals surface area contributed by atoms with Crippen LogP contribution in [0, 0.1) is 10.1 Å². The zero-order valence-electron chi connectivity index (χ0n) is 13.1. The van der Waals surface area contributed by atoms with Crippen molar-refractivity contribution >= 4 is 40.5 Å². The average Bonchev–Trinajstić information content (AvgIpc) is 2.57. The van der Waals surface area contributed by atoms with Crippen LogP contribution in [0.3, 0.4) is 0 Å². The number of benzene rings is 1. The third kappa shape index (κ3) is 4.89. The van der Waals surface area contributed by atoms with Crippen molar-refractivity contribution in [3.8, 4) is 17.4 Å². The van der Waals surface area contributed by atoms with Gasteiger partial charge in [-0.15, -0.1) is 0 Å². The van der Waals surface area contributed by atoms with Crippen molar-refractivity contribution in [2.75, 3.05) is 12.4 Å². The molecule has 0 fully saturated rings. The highest BCUT2D eigenvalue weighted by Gasteiger charge is 2.39. The van der Waals surface area contributed by atoms with Crippen LogP contribution in [-0.4, -0.2) is 29.1 Å². The Morgan fingerprint density at radius 3 is 2.33 bits per heavy atom. The van der Waals surface area contributed by atoms with E-state index in [1.807, 2.05) is 0 Å². The number of hydrogen-bond acceptors (Lipinski definition) is 6. The Hall–Kier alpha value is -2.79. The summed E-state index contributed by atoms with van der Waals surface area (Å²) in [5, 5.41) is 11.9. The summed E-state index contributed by atoms with van der Waals surface area (Å²) >= 11 is 11.8. The standard InChI is InChI=1S/C14H8Cl2F3N3O5/c1-26-12-10(21-13(23)14(17,18)19)4-7(5-20-12)27-11-8(15)2-6(22(24)25)3-9(11)16/h2-5H,1H3,(H,21,23). The fraction of sp³-hybridized carbons (Fsp3) is 0.143. The minimum absolute atomic E-state index is 0.161. The molecule has 1 N–H and O–H groups in total. The molecule has 0 saturated heterocycles. The normalized spacial score (nSPS) is 11.0. The molecule has 2 rings (SSSR count). The van der Waals surface area contributed by atoms with Crippen LogP contribution in [0.5, 0.6) is 17.4 Å². The molecule has 0 unspecified atom stereocenters. The number of nitrogens with zero attached hydrogens (tertiary/aromatic N) is 2. The molecule has 0 aliphatic carbocycles. The summed E-state index contributed by atoms with van der Waals surface area (Å²) in [6, 6.07) is 2.95. The number of rotatable bonds is 5. The van der Waals surface area contributed by atoms with E-state index >= 15 is 0 Å². The van der Waals surface area contributed by atoms with E-state index in [1.54, 1.807) is 5.32 Å². The first-order valence-electron chi connectivity index (χ1n) is 6.76. The fourth-order valence-corrected chi connectivity index (χ4v) is 2.35. The van der Waals surface area contributed by atoms with Gasteiger partial charge in [-0.05, 0) is 0 Å². The van der Waals surface area contributed by atoms with Crippen molar-refractivity contribution in [2.24, 2.45) is 0 Å². The number of alkyl halides is 3. The van der Waals surface area contributed by atoms with Crippen LogP contribution in [-0.2, 0) is 4.79 Å². The summed E-state index contributed by atoms with van der Waals surface area (Å²) in [6.07, 6.45) is -4.07. The highest BCUT2D eigenvalue weighted by Crippen LogP contribution is 2.40. The van der Waals surface area contributed by atoms with Gasteiger partial charge in [0, 0.05) is 18.2 Å². The van der Waals surface area contributed by atoms with Crippen molar-refractivity contribution in [1.29, 1.82) is 0 Å². The van der Waals surface area contributed by atoms with Gasteiger partial charge in [-0.2, -0.15) is 13.2 Å². The number of nitrogens with one attached hydrogen (secondary N) is 1. The van der Waals surface area contributed by atoms with Crippen molar-refractivity contribution in [3.63, 3.8) is 0 Å². The minimum atomic E-state index is -5.13. The molecule has 1 aromatic carbocycles. The number of methoxy groups -OCH3 is 1. The van der Waals surface area contributed by atoms with Crippen molar-refractivity contribution < 1.29 is 32.4 Å². The fourth-order valence-electron chi connectivity index (χ4n) is 1.80. The van der Waals surface area contributed by atoms with Gasteiger partial charge in [0.15, 0.2) is 5.75 Å². The molecule has 8 nitrogen and oxygen atoms in total. The summed E-state index contributed by atoms with van der Waals surface area (Å²) in [6.45, 7) is 0. The number of carbonyl (C=O) groups is 1. The van der Waals surface area contributed by atoms with Crippen LogP contribution < -0.4 is 14.8 Å². The summed E-state index contributed by atoms with van der Waals surface area (Å²) in [7, 11) is 1.14. The lowest BCUT2D eigenvalue weighted by atomic mass is 10.3. The van der Waals surface area contributed by atoms with Gasteiger partial charge in [-0.3, -0.25) is 14.9 Å². The van der Waals surface area contributed by atoms with Crippen LogP contribution in [0.1, 0.15) is 0 Å². The van der Waals surface area contributed by atoms with E-state index in [-0.39, 0.29) is 33.1 Å². The van der Waals surface area contributed by atoms with Gasteiger partial charge in [0.1, 0.15) is 11.4 Å². The van der Waals surface area contributed by atoms with Crippen LogP contribution in [0.4, 0.5) is 24.5 Å². The second-order valence-electron chi connectivity index (χ2n) is 4.78. The Morgan fingerprint density at radius 2 is 1.85 bits per heavy atom. The van der Waals surface area contributed by atoms with E-state index in [0.29, 0.717) is 0 Å². The molecule has 27 heavy (non-hydrogen) atoms. The van der Waals surface area contributed by atoms with Gasteiger partial charge in [-0.1, -0.05) is 23.2 Å². The van der Waals surface area contributed by atoms with Crippen molar-refractivity contribution in [3.05, 3.63) is 44.6 Å². The molecular weight excluding hydrogens is 418 g/mol. The maximum atomic E-state index is 12.4. The molecule has 0 spiro atoms. The summed E-state index contributed by atoms with van der Waals surface area (Å²) in [5.41, 5.74) is -0.810. The SMILES string of the molecule is COc1ncc(Oc2c(Cl)cc([N+](=O)[O-])cc2Cl)cc1NC(=O)C(F)(F)F. The van der Waals surface area contributed by atoms with Gasteiger partial charge in [0.05, 0.1) is 28.3 Å². The number of nitro groups is 1. The molecule has 1 heterocycles. The molecule has 0 radical (unpaired) electrons. The third-order valence-corrected chi connectivity index (χ3v) is 3.50. The molecule has 13 heteroatoms. The summed E-state index contributed by atoms with van der Waals surface area (Å²) in [5.74, 6) is -2.90. The molecule has 0 saturated carbocycles. The second kappa shape index (κ2) is 7.84. The number of nitro benzene ring substituents is 1. The lowest BCUT2D eigenvalue weighted by Crippen LogP contribution is -2.30. The molecule has 144 valence electrons. The van der Waals surface area contributed by atoms with Crippen LogP contribution in [0.25, 0.3) is 0 Å². The number of anilines is 1. The molecule has 0 atom stereocenters. The van der Waals surface area contributed by atoms with E-state index in [9.17, 15) is 28.1 Å². The Morgan fingerprint density at radius 1 is 1.26 bits per heavy atom. The summed E-state index contributed by atoms with van der Waals surface area (Å²) in [4.78, 5) is 24.9. The maximum absolute atomic E-state index is 12.4. The Balaban J connectivity index is 2.37. The molecule has 2 aromatic rings. The minimum Gasteiger partial charge on any atom is -0.480 e. The van der Waals surface area contributed by atoms with Crippen LogP contribution in [0.2, 0.25) is 10.0 Å². The number of non-ortho nitro benzene ring substituents is 1. The van der Waals surface area contributed by atoms with E-state index in [1.165, 1.54) is 0 Å². The van der Waals surface area contributed by atoms with Crippen molar-refractivity contribution in [2.45, 2.75) is 6.18 Å². The van der Waals surface area contributed by atoms with E-state index in [4.69, 9.17) is 32.7 Å². The number of halogens is 5. The number of carbonyl (C=O) groups excluding carboxylic acids is 1. The van der Waals surface area contributed by atoms with Crippen LogP contribution in [0.15, 0.2) is 24.4 Å². The van der Waals surface area contributed by atoms with Gasteiger partial charge < -0.3 is 14.8 Å². The molecule has 0 aliphatic heterocycles. The van der Waals surface area contributed by atoms with E-state index < -0.39 is 22.7 Å². The Kier molecular flexibility index (Phi) is 5.96. The highest BCUT2D eigenvalue weighted by molar-refractivity contribution is 6.37. The molecule has 0 bridgehead atoms. The molecule has 0 aliphatic rings. The smallest absolute Gasteiger partial charge is 0.471 e. The first-order valence-corrected chi connectivity index (χ1v) is 7.52. The van der Waals surface area contributed by atoms with Crippen LogP contribution >= 0.6 is 23.2 Å². The van der Waals surface area contributed by atoms with Gasteiger partial charge in [0.25, 0.3) is 5.69 Å². The second-order valence-corrected chi connectivity index (χ2v) is 5.59. The largest absolute Gasteiger partial charge is 0.480 e. The van der Waals surface area contributed by atoms with Gasteiger partial charge in [0.2, 0.25) is 5.88 Å². The van der Waals surface area contributed by atoms with E-state index in [0.717, 1.165) is 31.5 Å². The zero-order valence-corrected chi connectivity index (χ0v) is 14.6. The first kappa shape index (κ1) is 20.5. The number of aromatic nitrogens is 1. The predicted octanol–water partition coefficient (Wildman–Crippen LogP) is 4.60. The van der Waals surface area contributed by atoms with Crippen molar-refractivity contribution in [1.82, 2.24) is 4.98 Å². The first-order chi connectivity index (χ1) is 12.5. The number of ether oxygens (including phenoxy) is 2. The number of pyridine rings is 1. The van der Waals surface area contributed by atoms with Gasteiger partial charge in [-0.25, -0.2) is 4.98 Å². The maximum Gasteiger partial charge on any atom is 0.471 e. The number of hydrogen-bond donors (Lipinski definition) is 1. The number of amides is 1. The average molecular weight is 426 g/mol. The topological polar surface area (TPSA) is 104 Å². The highest BCUT2D eigenvalue weighted by atomic mass is 35.5. The Labute approximate surface area is 158 Å². The Bertz CT molecular complexity index is 885. The lowest BCUT2D eigenvalue weighted by molar-refractivity contribution is -0.384. The molecule has 1 aromatic heterocycles. The molecular formula is C14H8Cl2F3N3O5. The third-order valence-electron chi connectivity index (χ3n) is 2.94. The monoisotopic (exact) mass is 425 g/mol. The zero-order chi connectivity index (χ0) is 20.4.